The standard InChI is InChI=1S/C9H11BrN2S/c1-4-7-5(2)11-6(3)12-9(7)13-8(4)10/h4,8H,1-3H3. The molecule has 1 aliphatic rings. The minimum absolute atomic E-state index is 0.456. The monoisotopic (exact) mass is 258 g/mol. The molecule has 0 saturated carbocycles. The number of aromatic nitrogens is 2. The molecule has 0 N–H and O–H groups in total. The maximum absolute atomic E-state index is 4.44. The first-order valence-corrected chi connectivity index (χ1v) is 6.05. The van der Waals surface area contributed by atoms with Gasteiger partial charge in [-0.1, -0.05) is 34.6 Å². The van der Waals surface area contributed by atoms with Crippen molar-refractivity contribution >= 4 is 27.7 Å². The van der Waals surface area contributed by atoms with Crippen LogP contribution in [0.2, 0.25) is 0 Å². The van der Waals surface area contributed by atoms with Gasteiger partial charge in [-0.3, -0.25) is 0 Å². The quantitative estimate of drug-likeness (QED) is 0.529. The topological polar surface area (TPSA) is 25.8 Å². The van der Waals surface area contributed by atoms with Crippen molar-refractivity contribution in [1.82, 2.24) is 9.97 Å². The zero-order valence-corrected chi connectivity index (χ0v) is 10.2. The lowest BCUT2D eigenvalue weighted by Crippen LogP contribution is -2.02. The van der Waals surface area contributed by atoms with Gasteiger partial charge >= 0.3 is 0 Å². The van der Waals surface area contributed by atoms with Crippen molar-refractivity contribution < 1.29 is 0 Å². The van der Waals surface area contributed by atoms with E-state index in [1.54, 1.807) is 11.8 Å². The van der Waals surface area contributed by atoms with E-state index < -0.39 is 0 Å². The number of nitrogens with zero attached hydrogens (tertiary/aromatic N) is 2. The molecule has 2 unspecified atom stereocenters. The highest BCUT2D eigenvalue weighted by Crippen LogP contribution is 2.47. The van der Waals surface area contributed by atoms with Gasteiger partial charge in [0.1, 0.15) is 10.9 Å². The van der Waals surface area contributed by atoms with Crippen LogP contribution < -0.4 is 0 Å². The molecule has 2 rings (SSSR count). The maximum Gasteiger partial charge on any atom is 0.126 e. The highest BCUT2D eigenvalue weighted by molar-refractivity contribution is 9.11. The molecule has 70 valence electrons. The van der Waals surface area contributed by atoms with Crippen LogP contribution in [0, 0.1) is 13.8 Å². The third kappa shape index (κ3) is 1.50. The fourth-order valence-corrected chi connectivity index (χ4v) is 3.64. The van der Waals surface area contributed by atoms with Crippen LogP contribution in [0.5, 0.6) is 0 Å². The molecule has 1 aromatic rings. The van der Waals surface area contributed by atoms with Crippen LogP contribution in [-0.4, -0.2) is 14.1 Å². The Kier molecular flexibility index (Phi) is 2.36. The second kappa shape index (κ2) is 3.24. The molecular weight excluding hydrogens is 248 g/mol. The first-order valence-electron chi connectivity index (χ1n) is 4.25. The zero-order chi connectivity index (χ0) is 9.59. The largest absolute Gasteiger partial charge is 0.238 e. The number of thioether (sulfide) groups is 1. The molecule has 0 amide bonds. The lowest BCUT2D eigenvalue weighted by molar-refractivity contribution is 0.795. The molecule has 1 aromatic heterocycles. The average Bonchev–Trinajstić information content (AvgIpc) is 2.27. The van der Waals surface area contributed by atoms with Crippen molar-refractivity contribution in [2.45, 2.75) is 35.9 Å². The Morgan fingerprint density at radius 2 is 2.00 bits per heavy atom. The number of hydrogen-bond acceptors (Lipinski definition) is 3. The van der Waals surface area contributed by atoms with E-state index in [1.165, 1.54) is 5.56 Å². The Hall–Kier alpha value is -0.0900. The van der Waals surface area contributed by atoms with E-state index in [0.717, 1.165) is 16.5 Å². The summed E-state index contributed by atoms with van der Waals surface area (Å²) in [6, 6.07) is 0. The minimum Gasteiger partial charge on any atom is -0.238 e. The summed E-state index contributed by atoms with van der Waals surface area (Å²) in [5.41, 5.74) is 2.45. The van der Waals surface area contributed by atoms with Crippen LogP contribution in [0.4, 0.5) is 0 Å². The Labute approximate surface area is 90.7 Å². The minimum atomic E-state index is 0.456. The molecule has 0 fully saturated rings. The average molecular weight is 259 g/mol. The Morgan fingerprint density at radius 1 is 1.31 bits per heavy atom. The number of fused-ring (bicyclic) bond motifs is 1. The highest BCUT2D eigenvalue weighted by Gasteiger charge is 2.31. The second-order valence-electron chi connectivity index (χ2n) is 3.33. The molecule has 0 aliphatic carbocycles. The highest BCUT2D eigenvalue weighted by atomic mass is 79.9. The third-order valence-electron chi connectivity index (χ3n) is 2.29. The summed E-state index contributed by atoms with van der Waals surface area (Å²) in [5.74, 6) is 1.39. The molecule has 13 heavy (non-hydrogen) atoms. The first-order chi connectivity index (χ1) is 6.09. The SMILES string of the molecule is Cc1nc(C)c2c(n1)SC(Br)C2C. The predicted octanol–water partition coefficient (Wildman–Crippen LogP) is 3.02. The van der Waals surface area contributed by atoms with Crippen LogP contribution in [0.1, 0.15) is 29.9 Å². The molecule has 2 heterocycles. The molecule has 2 atom stereocenters. The van der Waals surface area contributed by atoms with Gasteiger partial charge in [0.15, 0.2) is 0 Å². The van der Waals surface area contributed by atoms with Crippen molar-refractivity contribution in [2.24, 2.45) is 0 Å². The van der Waals surface area contributed by atoms with Crippen molar-refractivity contribution in [1.29, 1.82) is 0 Å². The smallest absolute Gasteiger partial charge is 0.126 e. The van der Waals surface area contributed by atoms with Gasteiger partial charge in [0, 0.05) is 17.2 Å². The molecule has 4 heteroatoms. The van der Waals surface area contributed by atoms with E-state index in [9.17, 15) is 0 Å². The van der Waals surface area contributed by atoms with Crippen LogP contribution in [-0.2, 0) is 0 Å². The number of halogens is 1. The molecule has 0 spiro atoms. The van der Waals surface area contributed by atoms with Gasteiger partial charge in [0.2, 0.25) is 0 Å². The Balaban J connectivity index is 2.57. The van der Waals surface area contributed by atoms with Gasteiger partial charge < -0.3 is 0 Å². The summed E-state index contributed by atoms with van der Waals surface area (Å²) < 4.78 is 0.456. The number of hydrogen-bond donors (Lipinski definition) is 0. The second-order valence-corrected chi connectivity index (χ2v) is 6.06. The van der Waals surface area contributed by atoms with Crippen molar-refractivity contribution in [3.63, 3.8) is 0 Å². The fourth-order valence-electron chi connectivity index (χ4n) is 1.64. The van der Waals surface area contributed by atoms with Gasteiger partial charge in [-0.15, -0.1) is 0 Å². The molecule has 0 saturated heterocycles. The predicted molar refractivity (Wildman–Crippen MR) is 58.5 cm³/mol. The van der Waals surface area contributed by atoms with E-state index in [4.69, 9.17) is 0 Å². The summed E-state index contributed by atoms with van der Waals surface area (Å²) in [7, 11) is 0. The van der Waals surface area contributed by atoms with Crippen LogP contribution in [0.15, 0.2) is 5.03 Å². The maximum atomic E-state index is 4.44. The van der Waals surface area contributed by atoms with Crippen LogP contribution >= 0.6 is 27.7 Å². The number of aryl methyl sites for hydroxylation is 2. The third-order valence-corrected chi connectivity index (χ3v) is 4.81. The van der Waals surface area contributed by atoms with Gasteiger partial charge in [-0.25, -0.2) is 9.97 Å². The Bertz CT molecular complexity index is 354. The van der Waals surface area contributed by atoms with Gasteiger partial charge in [0.05, 0.1) is 4.16 Å². The van der Waals surface area contributed by atoms with Crippen molar-refractivity contribution in [3.8, 4) is 0 Å². The molecule has 2 nitrogen and oxygen atoms in total. The first kappa shape index (κ1) is 9.46. The molecular formula is C9H11BrN2S. The number of rotatable bonds is 0. The summed E-state index contributed by atoms with van der Waals surface area (Å²) in [6.07, 6.45) is 0. The summed E-state index contributed by atoms with van der Waals surface area (Å²) >= 11 is 5.43. The van der Waals surface area contributed by atoms with Crippen molar-refractivity contribution in [3.05, 3.63) is 17.1 Å². The van der Waals surface area contributed by atoms with E-state index >= 15 is 0 Å². The lowest BCUT2D eigenvalue weighted by atomic mass is 10.0. The van der Waals surface area contributed by atoms with Crippen molar-refractivity contribution in [2.75, 3.05) is 0 Å². The fraction of sp³-hybridized carbons (Fsp3) is 0.556. The molecule has 0 aromatic carbocycles. The molecule has 0 radical (unpaired) electrons. The van der Waals surface area contributed by atoms with E-state index in [-0.39, 0.29) is 0 Å². The van der Waals surface area contributed by atoms with Gasteiger partial charge in [-0.2, -0.15) is 0 Å². The zero-order valence-electron chi connectivity index (χ0n) is 7.84. The normalized spacial score (nSPS) is 26.2. The Morgan fingerprint density at radius 3 is 2.69 bits per heavy atom. The van der Waals surface area contributed by atoms with E-state index in [2.05, 4.69) is 39.7 Å². The van der Waals surface area contributed by atoms with Crippen LogP contribution in [0.25, 0.3) is 0 Å². The summed E-state index contributed by atoms with van der Waals surface area (Å²) in [6.45, 7) is 6.22. The lowest BCUT2D eigenvalue weighted by Gasteiger charge is -2.08. The van der Waals surface area contributed by atoms with Gasteiger partial charge in [-0.05, 0) is 13.8 Å². The number of alkyl halides is 1. The molecule has 0 bridgehead atoms. The summed E-state index contributed by atoms with van der Waals surface area (Å²) in [5, 5.41) is 1.15. The van der Waals surface area contributed by atoms with E-state index in [1.807, 2.05) is 6.92 Å². The van der Waals surface area contributed by atoms with Gasteiger partial charge in [0.25, 0.3) is 0 Å². The van der Waals surface area contributed by atoms with E-state index in [0.29, 0.717) is 10.1 Å². The summed E-state index contributed by atoms with van der Waals surface area (Å²) in [4.78, 5) is 8.82. The van der Waals surface area contributed by atoms with Crippen LogP contribution in [0.3, 0.4) is 0 Å². The molecule has 1 aliphatic heterocycles.